The lowest BCUT2D eigenvalue weighted by atomic mass is 9.99. The van der Waals surface area contributed by atoms with Gasteiger partial charge in [-0.2, -0.15) is 5.10 Å². The molecule has 0 saturated carbocycles. The zero-order valence-electron chi connectivity index (χ0n) is 19.8. The predicted octanol–water partition coefficient (Wildman–Crippen LogP) is 5.11. The van der Waals surface area contributed by atoms with Crippen LogP contribution in [0.1, 0.15) is 45.5 Å². The van der Waals surface area contributed by atoms with Gasteiger partial charge in [0.15, 0.2) is 0 Å². The van der Waals surface area contributed by atoms with E-state index in [0.717, 1.165) is 28.2 Å². The van der Waals surface area contributed by atoms with Crippen LogP contribution in [0, 0.1) is 12.3 Å². The van der Waals surface area contributed by atoms with Crippen molar-refractivity contribution in [2.75, 3.05) is 11.1 Å². The summed E-state index contributed by atoms with van der Waals surface area (Å²) in [5, 5.41) is 15.7. The number of nitrogen functional groups attached to an aromatic ring is 1. The Balaban J connectivity index is 1.44. The molecule has 0 aliphatic rings. The van der Waals surface area contributed by atoms with E-state index < -0.39 is 0 Å². The van der Waals surface area contributed by atoms with Gasteiger partial charge in [-0.1, -0.05) is 30.3 Å². The van der Waals surface area contributed by atoms with Crippen LogP contribution < -0.4 is 11.1 Å². The van der Waals surface area contributed by atoms with E-state index in [0.29, 0.717) is 35.6 Å². The van der Waals surface area contributed by atoms with Gasteiger partial charge in [-0.25, -0.2) is 0 Å². The highest BCUT2D eigenvalue weighted by atomic mass is 16.2. The summed E-state index contributed by atoms with van der Waals surface area (Å²) in [6, 6.07) is 20.9. The van der Waals surface area contributed by atoms with Gasteiger partial charge in [0, 0.05) is 29.7 Å². The lowest BCUT2D eigenvalue weighted by Gasteiger charge is -2.10. The van der Waals surface area contributed by atoms with Crippen molar-refractivity contribution in [2.45, 2.75) is 26.8 Å². The molecule has 0 saturated heterocycles. The van der Waals surface area contributed by atoms with Crippen LogP contribution in [0.15, 0.2) is 79.0 Å². The quantitative estimate of drug-likeness (QED) is 0.248. The van der Waals surface area contributed by atoms with Crippen molar-refractivity contribution in [3.8, 4) is 0 Å². The molecule has 35 heavy (non-hydrogen) atoms. The van der Waals surface area contributed by atoms with Crippen LogP contribution in [-0.4, -0.2) is 26.4 Å². The number of anilines is 2. The highest BCUT2D eigenvalue weighted by Crippen LogP contribution is 2.20. The van der Waals surface area contributed by atoms with Crippen molar-refractivity contribution in [2.24, 2.45) is 0 Å². The van der Waals surface area contributed by atoms with E-state index in [1.54, 1.807) is 29.1 Å². The number of nitrogens with one attached hydrogen (secondary N) is 2. The van der Waals surface area contributed by atoms with E-state index in [1.807, 2.05) is 74.5 Å². The number of pyridine rings is 1. The van der Waals surface area contributed by atoms with Crippen molar-refractivity contribution in [3.05, 3.63) is 113 Å². The maximum atomic E-state index is 12.7. The Kier molecular flexibility index (Phi) is 7.16. The van der Waals surface area contributed by atoms with Crippen molar-refractivity contribution < 1.29 is 4.79 Å². The highest BCUT2D eigenvalue weighted by Gasteiger charge is 2.13. The van der Waals surface area contributed by atoms with Gasteiger partial charge in [0.2, 0.25) is 0 Å². The van der Waals surface area contributed by atoms with Crippen LogP contribution in [0.2, 0.25) is 0 Å². The summed E-state index contributed by atoms with van der Waals surface area (Å²) < 4.78 is 1.70. The van der Waals surface area contributed by atoms with Crippen LogP contribution in [0.5, 0.6) is 0 Å². The van der Waals surface area contributed by atoms with Gasteiger partial charge < -0.3 is 16.5 Å². The SMILES string of the molecule is CCn1nc(C)cc1C(=O)Nc1cccc(Cc2ccc(C(=N)/C=C/c3ccccn3)c(N)c2)c1. The Labute approximate surface area is 204 Å². The van der Waals surface area contributed by atoms with Crippen molar-refractivity contribution in [1.29, 1.82) is 5.41 Å². The fraction of sp³-hybridized carbons (Fsp3) is 0.143. The summed E-state index contributed by atoms with van der Waals surface area (Å²) in [4.78, 5) is 17.0. The topological polar surface area (TPSA) is 110 Å². The van der Waals surface area contributed by atoms with Crippen LogP contribution in [0.3, 0.4) is 0 Å². The van der Waals surface area contributed by atoms with Gasteiger partial charge in [0.25, 0.3) is 5.91 Å². The second-order valence-corrected chi connectivity index (χ2v) is 8.24. The number of aryl methyl sites for hydroxylation is 2. The van der Waals surface area contributed by atoms with E-state index in [2.05, 4.69) is 15.4 Å². The number of hydrogen-bond donors (Lipinski definition) is 3. The molecule has 0 fully saturated rings. The first-order valence-electron chi connectivity index (χ1n) is 11.4. The minimum Gasteiger partial charge on any atom is -0.398 e. The lowest BCUT2D eigenvalue weighted by Crippen LogP contribution is -2.17. The zero-order chi connectivity index (χ0) is 24.8. The van der Waals surface area contributed by atoms with Crippen molar-refractivity contribution in [1.82, 2.24) is 14.8 Å². The number of benzene rings is 2. The molecule has 2 aromatic carbocycles. The van der Waals surface area contributed by atoms with Crippen molar-refractivity contribution >= 4 is 29.1 Å². The molecule has 2 aromatic heterocycles. The van der Waals surface area contributed by atoms with Crippen LogP contribution >= 0.6 is 0 Å². The summed E-state index contributed by atoms with van der Waals surface area (Å²) in [6.45, 7) is 4.46. The van der Waals surface area contributed by atoms with E-state index in [-0.39, 0.29) is 5.91 Å². The molecule has 0 aliphatic carbocycles. The number of amides is 1. The number of hydrogen-bond acceptors (Lipinski definition) is 5. The van der Waals surface area contributed by atoms with Gasteiger partial charge in [-0.3, -0.25) is 14.5 Å². The maximum Gasteiger partial charge on any atom is 0.273 e. The van der Waals surface area contributed by atoms with E-state index >= 15 is 0 Å². The molecule has 7 heteroatoms. The number of nitrogens with two attached hydrogens (primary N) is 1. The Morgan fingerprint density at radius 3 is 2.66 bits per heavy atom. The van der Waals surface area contributed by atoms with Crippen molar-refractivity contribution in [3.63, 3.8) is 0 Å². The third kappa shape index (κ3) is 5.89. The number of allylic oxidation sites excluding steroid dienone is 1. The first-order valence-corrected chi connectivity index (χ1v) is 11.4. The van der Waals surface area contributed by atoms with Gasteiger partial charge in [-0.05, 0) is 79.9 Å². The fourth-order valence-electron chi connectivity index (χ4n) is 3.86. The van der Waals surface area contributed by atoms with E-state index in [1.165, 1.54) is 0 Å². The summed E-state index contributed by atoms with van der Waals surface area (Å²) in [6.07, 6.45) is 5.86. The average molecular weight is 465 g/mol. The second-order valence-electron chi connectivity index (χ2n) is 8.24. The smallest absolute Gasteiger partial charge is 0.273 e. The zero-order valence-corrected chi connectivity index (χ0v) is 19.8. The summed E-state index contributed by atoms with van der Waals surface area (Å²) in [5.41, 5.74) is 12.7. The Morgan fingerprint density at radius 2 is 1.91 bits per heavy atom. The number of nitrogens with zero attached hydrogens (tertiary/aromatic N) is 3. The molecule has 0 atom stereocenters. The average Bonchev–Trinajstić information content (AvgIpc) is 3.24. The first kappa shape index (κ1) is 23.6. The van der Waals surface area contributed by atoms with Gasteiger partial charge in [-0.15, -0.1) is 0 Å². The molecule has 4 N–H and O–H groups in total. The number of carbonyl (C=O) groups is 1. The molecule has 7 nitrogen and oxygen atoms in total. The molecule has 4 aromatic rings. The first-order chi connectivity index (χ1) is 16.9. The van der Waals surface area contributed by atoms with Gasteiger partial charge in [0.05, 0.1) is 17.1 Å². The molecule has 2 heterocycles. The normalized spacial score (nSPS) is 11.0. The second kappa shape index (κ2) is 10.6. The summed E-state index contributed by atoms with van der Waals surface area (Å²) >= 11 is 0. The largest absolute Gasteiger partial charge is 0.398 e. The van der Waals surface area contributed by atoms with E-state index in [4.69, 9.17) is 11.1 Å². The molecule has 0 bridgehead atoms. The van der Waals surface area contributed by atoms with Gasteiger partial charge in [0.1, 0.15) is 5.69 Å². The molecule has 0 radical (unpaired) electrons. The van der Waals surface area contributed by atoms with Crippen LogP contribution in [0.4, 0.5) is 11.4 Å². The molecular weight excluding hydrogens is 436 g/mol. The molecule has 176 valence electrons. The highest BCUT2D eigenvalue weighted by molar-refractivity contribution is 6.11. The summed E-state index contributed by atoms with van der Waals surface area (Å²) in [5.74, 6) is -0.185. The molecular formula is C28H28N6O. The number of rotatable bonds is 8. The molecule has 4 rings (SSSR count). The Bertz CT molecular complexity index is 1390. The molecule has 0 spiro atoms. The van der Waals surface area contributed by atoms with Crippen LogP contribution in [-0.2, 0) is 13.0 Å². The Hall–Kier alpha value is -4.52. The van der Waals surface area contributed by atoms with E-state index in [9.17, 15) is 4.79 Å². The minimum atomic E-state index is -0.185. The fourth-order valence-corrected chi connectivity index (χ4v) is 3.86. The third-order valence-corrected chi connectivity index (χ3v) is 5.54. The van der Waals surface area contributed by atoms with Crippen LogP contribution in [0.25, 0.3) is 6.08 Å². The minimum absolute atomic E-state index is 0.185. The monoisotopic (exact) mass is 464 g/mol. The summed E-state index contributed by atoms with van der Waals surface area (Å²) in [7, 11) is 0. The number of carbonyl (C=O) groups excluding carboxylic acids is 1. The Morgan fingerprint density at radius 1 is 1.09 bits per heavy atom. The van der Waals surface area contributed by atoms with Gasteiger partial charge >= 0.3 is 0 Å². The predicted molar refractivity (Wildman–Crippen MR) is 141 cm³/mol. The lowest BCUT2D eigenvalue weighted by molar-refractivity contribution is 0.101. The number of aromatic nitrogens is 3. The maximum absolute atomic E-state index is 12.7. The molecule has 1 amide bonds. The third-order valence-electron chi connectivity index (χ3n) is 5.54. The molecule has 0 unspecified atom stereocenters. The standard InChI is InChI=1S/C28H28N6O/c1-3-34-27(15-19(2)33-34)28(35)32-23-9-6-7-20(17-23)16-21-10-12-24(26(30)18-21)25(29)13-11-22-8-4-5-14-31-22/h4-15,17-18,29H,3,16,30H2,1-2H3,(H,32,35)/b13-11+,29-25?. The molecule has 0 aliphatic heterocycles.